The van der Waals surface area contributed by atoms with E-state index in [1.165, 1.54) is 6.07 Å². The fourth-order valence-electron chi connectivity index (χ4n) is 1.91. The standard InChI is InChI=1S/C11H16ClN3O3S/c12-10-5-9(19(13,16)17)6-15-11(10)18-7-8-1-3-14-4-2-8/h5-6,8,14H,1-4,7H2,(H2,13,16,17). The molecule has 0 bridgehead atoms. The number of pyridine rings is 1. The Morgan fingerprint density at radius 1 is 1.47 bits per heavy atom. The highest BCUT2D eigenvalue weighted by Crippen LogP contribution is 2.25. The number of sulfonamides is 1. The van der Waals surface area contributed by atoms with Crippen LogP contribution in [0.3, 0.4) is 0 Å². The van der Waals surface area contributed by atoms with Crippen molar-refractivity contribution in [3.63, 3.8) is 0 Å². The van der Waals surface area contributed by atoms with E-state index in [1.807, 2.05) is 0 Å². The first-order valence-electron chi connectivity index (χ1n) is 5.98. The van der Waals surface area contributed by atoms with E-state index < -0.39 is 10.0 Å². The van der Waals surface area contributed by atoms with Crippen molar-refractivity contribution in [1.82, 2.24) is 10.3 Å². The molecule has 0 aromatic carbocycles. The molecule has 19 heavy (non-hydrogen) atoms. The maximum absolute atomic E-state index is 11.1. The molecule has 2 rings (SSSR count). The highest BCUT2D eigenvalue weighted by Gasteiger charge is 2.16. The van der Waals surface area contributed by atoms with Crippen molar-refractivity contribution in [3.8, 4) is 5.88 Å². The predicted molar refractivity (Wildman–Crippen MR) is 71.7 cm³/mol. The number of halogens is 1. The van der Waals surface area contributed by atoms with E-state index in [9.17, 15) is 8.42 Å². The highest BCUT2D eigenvalue weighted by atomic mass is 35.5. The van der Waals surface area contributed by atoms with E-state index in [1.54, 1.807) is 0 Å². The molecule has 6 nitrogen and oxygen atoms in total. The van der Waals surface area contributed by atoms with Gasteiger partial charge in [0.05, 0.1) is 12.8 Å². The van der Waals surface area contributed by atoms with Crippen LogP contribution in [0.1, 0.15) is 12.8 Å². The molecule has 0 spiro atoms. The smallest absolute Gasteiger partial charge is 0.239 e. The molecule has 0 amide bonds. The molecule has 3 N–H and O–H groups in total. The van der Waals surface area contributed by atoms with Crippen LogP contribution in [0, 0.1) is 5.92 Å². The molecule has 0 radical (unpaired) electrons. The number of nitrogens with zero attached hydrogens (tertiary/aromatic N) is 1. The molecule has 0 saturated carbocycles. The van der Waals surface area contributed by atoms with Crippen LogP contribution in [-0.4, -0.2) is 33.1 Å². The van der Waals surface area contributed by atoms with Crippen LogP contribution >= 0.6 is 11.6 Å². The van der Waals surface area contributed by atoms with Crippen molar-refractivity contribution >= 4 is 21.6 Å². The molecule has 0 atom stereocenters. The topological polar surface area (TPSA) is 94.3 Å². The zero-order valence-corrected chi connectivity index (χ0v) is 11.9. The van der Waals surface area contributed by atoms with Crippen molar-refractivity contribution in [1.29, 1.82) is 0 Å². The summed E-state index contributed by atoms with van der Waals surface area (Å²) in [5, 5.41) is 8.42. The predicted octanol–water partition coefficient (Wildman–Crippen LogP) is 0.761. The van der Waals surface area contributed by atoms with Gasteiger partial charge in [0, 0.05) is 0 Å². The zero-order chi connectivity index (χ0) is 13.9. The molecule has 106 valence electrons. The van der Waals surface area contributed by atoms with Gasteiger partial charge in [-0.2, -0.15) is 0 Å². The van der Waals surface area contributed by atoms with Gasteiger partial charge in [0.2, 0.25) is 15.9 Å². The SMILES string of the molecule is NS(=O)(=O)c1cnc(OCC2CCNCC2)c(Cl)c1. The number of aromatic nitrogens is 1. The number of ether oxygens (including phenoxy) is 1. The minimum atomic E-state index is -3.79. The third-order valence-electron chi connectivity index (χ3n) is 3.03. The molecule has 1 saturated heterocycles. The second-order valence-electron chi connectivity index (χ2n) is 4.51. The van der Waals surface area contributed by atoms with Gasteiger partial charge >= 0.3 is 0 Å². The van der Waals surface area contributed by atoms with Gasteiger partial charge in [-0.1, -0.05) is 11.6 Å². The van der Waals surface area contributed by atoms with Gasteiger partial charge in [-0.15, -0.1) is 0 Å². The molecule has 2 heterocycles. The summed E-state index contributed by atoms with van der Waals surface area (Å²) in [5.41, 5.74) is 0. The van der Waals surface area contributed by atoms with E-state index >= 15 is 0 Å². The first kappa shape index (κ1) is 14.5. The van der Waals surface area contributed by atoms with E-state index in [0.29, 0.717) is 12.5 Å². The molecular weight excluding hydrogens is 290 g/mol. The van der Waals surface area contributed by atoms with Crippen molar-refractivity contribution < 1.29 is 13.2 Å². The normalized spacial score (nSPS) is 17.4. The van der Waals surface area contributed by atoms with Crippen molar-refractivity contribution in [2.45, 2.75) is 17.7 Å². The van der Waals surface area contributed by atoms with Crippen LogP contribution in [0.2, 0.25) is 5.02 Å². The van der Waals surface area contributed by atoms with E-state index in [2.05, 4.69) is 10.3 Å². The molecule has 1 aliphatic rings. The van der Waals surface area contributed by atoms with Gasteiger partial charge in [-0.25, -0.2) is 18.5 Å². The lowest BCUT2D eigenvalue weighted by atomic mass is 9.99. The Morgan fingerprint density at radius 2 is 2.16 bits per heavy atom. The Bertz CT molecular complexity index is 544. The molecule has 1 fully saturated rings. The Hall–Kier alpha value is -0.890. The van der Waals surface area contributed by atoms with Gasteiger partial charge in [0.25, 0.3) is 0 Å². The third kappa shape index (κ3) is 4.04. The van der Waals surface area contributed by atoms with E-state index in [-0.39, 0.29) is 15.8 Å². The van der Waals surface area contributed by atoms with Gasteiger partial charge in [0.15, 0.2) is 0 Å². The van der Waals surface area contributed by atoms with Crippen molar-refractivity contribution in [3.05, 3.63) is 17.3 Å². The highest BCUT2D eigenvalue weighted by molar-refractivity contribution is 7.89. The lowest BCUT2D eigenvalue weighted by molar-refractivity contribution is 0.209. The van der Waals surface area contributed by atoms with Gasteiger partial charge in [-0.3, -0.25) is 0 Å². The van der Waals surface area contributed by atoms with Crippen LogP contribution in [0.25, 0.3) is 0 Å². The summed E-state index contributed by atoms with van der Waals surface area (Å²) in [6.45, 7) is 2.50. The number of nitrogens with two attached hydrogens (primary N) is 1. The molecule has 1 aliphatic heterocycles. The van der Waals surface area contributed by atoms with Crippen LogP contribution in [0.4, 0.5) is 0 Å². The number of hydrogen-bond acceptors (Lipinski definition) is 5. The first-order valence-corrected chi connectivity index (χ1v) is 7.91. The summed E-state index contributed by atoms with van der Waals surface area (Å²) in [6, 6.07) is 1.25. The maximum atomic E-state index is 11.1. The molecule has 1 aromatic heterocycles. The van der Waals surface area contributed by atoms with Gasteiger partial charge < -0.3 is 10.1 Å². The molecule has 0 aliphatic carbocycles. The van der Waals surface area contributed by atoms with Crippen LogP contribution in [0.15, 0.2) is 17.2 Å². The maximum Gasteiger partial charge on any atom is 0.239 e. The second kappa shape index (κ2) is 6.04. The average molecular weight is 306 g/mol. The van der Waals surface area contributed by atoms with Crippen LogP contribution in [-0.2, 0) is 10.0 Å². The Balaban J connectivity index is 2.01. The zero-order valence-electron chi connectivity index (χ0n) is 10.3. The fourth-order valence-corrected chi connectivity index (χ4v) is 2.68. The third-order valence-corrected chi connectivity index (χ3v) is 4.18. The van der Waals surface area contributed by atoms with Gasteiger partial charge in [-0.05, 0) is 37.9 Å². The average Bonchev–Trinajstić information content (AvgIpc) is 2.37. The molecular formula is C11H16ClN3O3S. The van der Waals surface area contributed by atoms with Crippen LogP contribution < -0.4 is 15.2 Å². The summed E-state index contributed by atoms with van der Waals surface area (Å²) in [5.74, 6) is 0.713. The molecule has 8 heteroatoms. The lowest BCUT2D eigenvalue weighted by Crippen LogP contribution is -2.30. The minimum Gasteiger partial charge on any atom is -0.476 e. The first-order chi connectivity index (χ1) is 8.97. The van der Waals surface area contributed by atoms with Crippen LogP contribution in [0.5, 0.6) is 5.88 Å². The molecule has 0 unspecified atom stereocenters. The summed E-state index contributed by atoms with van der Waals surface area (Å²) in [4.78, 5) is 3.78. The summed E-state index contributed by atoms with van der Waals surface area (Å²) in [6.07, 6.45) is 3.25. The number of piperidine rings is 1. The Morgan fingerprint density at radius 3 is 2.74 bits per heavy atom. The van der Waals surface area contributed by atoms with E-state index in [0.717, 1.165) is 32.1 Å². The van der Waals surface area contributed by atoms with Crippen molar-refractivity contribution in [2.24, 2.45) is 11.1 Å². The summed E-state index contributed by atoms with van der Waals surface area (Å²) in [7, 11) is -3.79. The molecule has 1 aromatic rings. The monoisotopic (exact) mass is 305 g/mol. The van der Waals surface area contributed by atoms with Gasteiger partial charge in [0.1, 0.15) is 9.92 Å². The number of rotatable bonds is 4. The lowest BCUT2D eigenvalue weighted by Gasteiger charge is -2.22. The summed E-state index contributed by atoms with van der Waals surface area (Å²) >= 11 is 5.93. The number of primary sulfonamides is 1. The number of nitrogens with one attached hydrogen (secondary N) is 1. The summed E-state index contributed by atoms with van der Waals surface area (Å²) < 4.78 is 27.8. The quantitative estimate of drug-likeness (QED) is 0.856. The van der Waals surface area contributed by atoms with E-state index in [4.69, 9.17) is 21.5 Å². The second-order valence-corrected chi connectivity index (χ2v) is 6.48. The largest absolute Gasteiger partial charge is 0.476 e. The number of hydrogen-bond donors (Lipinski definition) is 2. The Kier molecular flexibility index (Phi) is 4.62. The minimum absolute atomic E-state index is 0.119. The fraction of sp³-hybridized carbons (Fsp3) is 0.545. The Labute approximate surface area is 117 Å². The van der Waals surface area contributed by atoms with Crippen molar-refractivity contribution in [2.75, 3.05) is 19.7 Å².